The highest BCUT2D eigenvalue weighted by molar-refractivity contribution is 6.07. The standard InChI is InChI=1S/C27H26N2O3/c1-3-17-8-7-9-18(4-2)26(17)29-16-19(14-25(29)30)27(31)28-20-12-13-22-21-10-5-6-11-23(21)32-24(22)15-20/h5-13,15,19H,3-4,14,16H2,1-2H3,(H,28,31)/t19-/m0/s1. The van der Waals surface area contributed by atoms with Gasteiger partial charge >= 0.3 is 0 Å². The predicted octanol–water partition coefficient (Wildman–Crippen LogP) is 5.70. The molecule has 1 N–H and O–H groups in total. The number of nitrogens with one attached hydrogen (secondary N) is 1. The van der Waals surface area contributed by atoms with Gasteiger partial charge in [-0.3, -0.25) is 9.59 Å². The zero-order valence-electron chi connectivity index (χ0n) is 18.4. The van der Waals surface area contributed by atoms with Gasteiger partial charge in [0.25, 0.3) is 0 Å². The van der Waals surface area contributed by atoms with Crippen LogP contribution in [0.3, 0.4) is 0 Å². The molecule has 0 saturated carbocycles. The number of hydrogen-bond acceptors (Lipinski definition) is 3. The van der Waals surface area contributed by atoms with E-state index in [0.717, 1.165) is 51.6 Å². The summed E-state index contributed by atoms with van der Waals surface area (Å²) >= 11 is 0. The molecule has 1 aromatic heterocycles. The minimum absolute atomic E-state index is 0.00786. The van der Waals surface area contributed by atoms with Crippen LogP contribution < -0.4 is 10.2 Å². The SMILES string of the molecule is CCc1cccc(CC)c1N1C[C@@H](C(=O)Nc2ccc3c(c2)oc2ccccc23)CC1=O. The average molecular weight is 427 g/mol. The monoisotopic (exact) mass is 426 g/mol. The van der Waals surface area contributed by atoms with E-state index in [0.29, 0.717) is 12.2 Å². The van der Waals surface area contributed by atoms with E-state index in [1.54, 1.807) is 0 Å². The first-order valence-electron chi connectivity index (χ1n) is 11.2. The van der Waals surface area contributed by atoms with Crippen molar-refractivity contribution in [3.63, 3.8) is 0 Å². The Bertz CT molecular complexity index is 1320. The molecule has 4 aromatic rings. The lowest BCUT2D eigenvalue weighted by Crippen LogP contribution is -2.29. The number of aryl methyl sites for hydroxylation is 2. The molecular weight excluding hydrogens is 400 g/mol. The van der Waals surface area contributed by atoms with Gasteiger partial charge in [-0.25, -0.2) is 0 Å². The number of benzene rings is 3. The second kappa shape index (κ2) is 8.15. The average Bonchev–Trinajstić information content (AvgIpc) is 3.38. The van der Waals surface area contributed by atoms with Crippen molar-refractivity contribution < 1.29 is 14.0 Å². The Kier molecular flexibility index (Phi) is 5.17. The summed E-state index contributed by atoms with van der Waals surface area (Å²) in [4.78, 5) is 27.7. The molecule has 1 saturated heterocycles. The van der Waals surface area contributed by atoms with Gasteiger partial charge in [0, 0.05) is 41.2 Å². The van der Waals surface area contributed by atoms with Gasteiger partial charge in [0.1, 0.15) is 11.2 Å². The first-order chi connectivity index (χ1) is 15.6. The van der Waals surface area contributed by atoms with Gasteiger partial charge < -0.3 is 14.6 Å². The van der Waals surface area contributed by atoms with Gasteiger partial charge in [0.2, 0.25) is 11.8 Å². The van der Waals surface area contributed by atoms with Crippen LogP contribution in [0.5, 0.6) is 0 Å². The zero-order valence-corrected chi connectivity index (χ0v) is 18.4. The molecule has 0 bridgehead atoms. The third kappa shape index (κ3) is 3.44. The van der Waals surface area contributed by atoms with Crippen LogP contribution in [0.15, 0.2) is 65.1 Å². The summed E-state index contributed by atoms with van der Waals surface area (Å²) in [6, 6.07) is 19.8. The molecule has 2 heterocycles. The Morgan fingerprint density at radius 2 is 1.69 bits per heavy atom. The lowest BCUT2D eigenvalue weighted by molar-refractivity contribution is -0.122. The molecule has 0 spiro atoms. The molecule has 0 aliphatic carbocycles. The van der Waals surface area contributed by atoms with Crippen molar-refractivity contribution in [1.82, 2.24) is 0 Å². The Morgan fingerprint density at radius 1 is 0.969 bits per heavy atom. The summed E-state index contributed by atoms with van der Waals surface area (Å²) in [5.74, 6) is -0.514. The number of fused-ring (bicyclic) bond motifs is 3. The van der Waals surface area contributed by atoms with Gasteiger partial charge in [-0.2, -0.15) is 0 Å². The molecule has 5 heteroatoms. The van der Waals surface area contributed by atoms with Gasteiger partial charge in [-0.1, -0.05) is 50.2 Å². The van der Waals surface area contributed by atoms with Crippen LogP contribution in [0.25, 0.3) is 21.9 Å². The highest BCUT2D eigenvalue weighted by Crippen LogP contribution is 2.34. The first-order valence-corrected chi connectivity index (χ1v) is 11.2. The van der Waals surface area contributed by atoms with Crippen molar-refractivity contribution in [2.24, 2.45) is 5.92 Å². The van der Waals surface area contributed by atoms with Crippen molar-refractivity contribution in [1.29, 1.82) is 0 Å². The maximum absolute atomic E-state index is 13.0. The summed E-state index contributed by atoms with van der Waals surface area (Å²) in [5, 5.41) is 5.06. The lowest BCUT2D eigenvalue weighted by atomic mass is 10.0. The topological polar surface area (TPSA) is 62.6 Å². The Morgan fingerprint density at radius 3 is 2.44 bits per heavy atom. The molecule has 32 heavy (non-hydrogen) atoms. The van der Waals surface area contributed by atoms with E-state index in [2.05, 4.69) is 31.3 Å². The van der Waals surface area contributed by atoms with Crippen molar-refractivity contribution >= 4 is 45.1 Å². The third-order valence-electron chi connectivity index (χ3n) is 6.38. The van der Waals surface area contributed by atoms with Gasteiger partial charge in [0.05, 0.1) is 5.92 Å². The molecule has 1 aliphatic rings. The number of nitrogens with zero attached hydrogens (tertiary/aromatic N) is 1. The molecule has 1 atom stereocenters. The number of carbonyl (C=O) groups excluding carboxylic acids is 2. The number of amides is 2. The van der Waals surface area contributed by atoms with Gasteiger partial charge in [-0.05, 0) is 42.2 Å². The fourth-order valence-electron chi connectivity index (χ4n) is 4.71. The Hall–Kier alpha value is -3.60. The number of carbonyl (C=O) groups is 2. The maximum Gasteiger partial charge on any atom is 0.229 e. The van der Waals surface area contributed by atoms with Crippen LogP contribution >= 0.6 is 0 Å². The molecule has 1 fully saturated rings. The summed E-state index contributed by atoms with van der Waals surface area (Å²) in [7, 11) is 0. The maximum atomic E-state index is 13.0. The number of furan rings is 1. The van der Waals surface area contributed by atoms with E-state index >= 15 is 0 Å². The van der Waals surface area contributed by atoms with Gasteiger partial charge in [-0.15, -0.1) is 0 Å². The van der Waals surface area contributed by atoms with Crippen molar-refractivity contribution in [3.8, 4) is 0 Å². The van der Waals surface area contributed by atoms with Crippen molar-refractivity contribution in [2.75, 3.05) is 16.8 Å². The molecule has 3 aromatic carbocycles. The summed E-state index contributed by atoms with van der Waals surface area (Å²) in [6.45, 7) is 4.59. The predicted molar refractivity (Wildman–Crippen MR) is 128 cm³/mol. The summed E-state index contributed by atoms with van der Waals surface area (Å²) < 4.78 is 5.93. The van der Waals surface area contributed by atoms with Crippen LogP contribution in [0, 0.1) is 5.92 Å². The fourth-order valence-corrected chi connectivity index (χ4v) is 4.71. The van der Waals surface area contributed by atoms with Crippen LogP contribution in [0.4, 0.5) is 11.4 Å². The van der Waals surface area contributed by atoms with Crippen LogP contribution in [-0.2, 0) is 22.4 Å². The molecule has 5 rings (SSSR count). The summed E-state index contributed by atoms with van der Waals surface area (Å²) in [5.41, 5.74) is 5.52. The summed E-state index contributed by atoms with van der Waals surface area (Å²) in [6.07, 6.45) is 1.92. The van der Waals surface area contributed by atoms with E-state index in [1.807, 2.05) is 53.4 Å². The molecule has 1 aliphatic heterocycles. The Balaban J connectivity index is 1.37. The number of hydrogen-bond donors (Lipinski definition) is 1. The van der Waals surface area contributed by atoms with E-state index < -0.39 is 0 Å². The third-order valence-corrected chi connectivity index (χ3v) is 6.38. The number of anilines is 2. The second-order valence-electron chi connectivity index (χ2n) is 8.34. The fraction of sp³-hybridized carbons (Fsp3) is 0.259. The molecule has 2 amide bonds. The van der Waals surface area contributed by atoms with Crippen LogP contribution in [0.2, 0.25) is 0 Å². The van der Waals surface area contributed by atoms with E-state index in [9.17, 15) is 9.59 Å². The molecular formula is C27H26N2O3. The smallest absolute Gasteiger partial charge is 0.229 e. The van der Waals surface area contributed by atoms with E-state index in [4.69, 9.17) is 4.42 Å². The van der Waals surface area contributed by atoms with Gasteiger partial charge in [0.15, 0.2) is 0 Å². The second-order valence-corrected chi connectivity index (χ2v) is 8.34. The molecule has 162 valence electrons. The normalized spacial score (nSPS) is 16.2. The quantitative estimate of drug-likeness (QED) is 0.445. The van der Waals surface area contributed by atoms with Crippen molar-refractivity contribution in [3.05, 3.63) is 71.8 Å². The molecule has 0 unspecified atom stereocenters. The van der Waals surface area contributed by atoms with Crippen molar-refractivity contribution in [2.45, 2.75) is 33.1 Å². The lowest BCUT2D eigenvalue weighted by Gasteiger charge is -2.23. The largest absolute Gasteiger partial charge is 0.456 e. The molecule has 5 nitrogen and oxygen atoms in total. The van der Waals surface area contributed by atoms with E-state index in [1.165, 1.54) is 0 Å². The van der Waals surface area contributed by atoms with E-state index in [-0.39, 0.29) is 24.2 Å². The van der Waals surface area contributed by atoms with Crippen LogP contribution in [0.1, 0.15) is 31.4 Å². The first kappa shape index (κ1) is 20.3. The minimum Gasteiger partial charge on any atom is -0.456 e. The number of para-hydroxylation sites is 2. The highest BCUT2D eigenvalue weighted by Gasteiger charge is 2.36. The zero-order chi connectivity index (χ0) is 22.2. The molecule has 0 radical (unpaired) electrons. The number of rotatable bonds is 5. The highest BCUT2D eigenvalue weighted by atomic mass is 16.3. The minimum atomic E-state index is -0.386. The Labute approximate surface area is 187 Å². The van der Waals surface area contributed by atoms with Crippen LogP contribution in [-0.4, -0.2) is 18.4 Å².